The minimum Gasteiger partial charge on any atom is -0.492 e. The molecule has 136 valence electrons. The van der Waals surface area contributed by atoms with Gasteiger partial charge in [-0.1, -0.05) is 41.7 Å². The molecule has 1 aliphatic rings. The molecule has 0 atom stereocenters. The molecule has 0 aliphatic carbocycles. The second-order valence-corrected chi connectivity index (χ2v) is 7.28. The van der Waals surface area contributed by atoms with Crippen LogP contribution in [0.1, 0.15) is 5.56 Å². The van der Waals surface area contributed by atoms with Crippen LogP contribution in [0, 0.1) is 0 Å². The summed E-state index contributed by atoms with van der Waals surface area (Å²) in [5, 5.41) is 4.37. The molecule has 4 rings (SSSR count). The zero-order chi connectivity index (χ0) is 17.6. The van der Waals surface area contributed by atoms with Crippen molar-refractivity contribution < 1.29 is 9.47 Å². The number of thiazole rings is 1. The van der Waals surface area contributed by atoms with Gasteiger partial charge in [-0.3, -0.25) is 4.90 Å². The van der Waals surface area contributed by atoms with Crippen molar-refractivity contribution in [2.24, 2.45) is 0 Å². The average molecular weight is 369 g/mol. The topological polar surface area (TPSA) is 46.6 Å². The molecule has 1 N–H and O–H groups in total. The van der Waals surface area contributed by atoms with Crippen molar-refractivity contribution in [1.29, 1.82) is 0 Å². The number of para-hydroxylation sites is 2. The quantitative estimate of drug-likeness (QED) is 0.689. The Morgan fingerprint density at radius 2 is 1.88 bits per heavy atom. The van der Waals surface area contributed by atoms with Crippen LogP contribution in [-0.4, -0.2) is 49.3 Å². The van der Waals surface area contributed by atoms with Crippen LogP contribution in [-0.2, 0) is 11.3 Å². The van der Waals surface area contributed by atoms with E-state index in [1.54, 1.807) is 11.3 Å². The molecule has 1 saturated heterocycles. The molecule has 3 aromatic rings. The van der Waals surface area contributed by atoms with Crippen LogP contribution in [0.3, 0.4) is 0 Å². The van der Waals surface area contributed by atoms with Gasteiger partial charge in [-0.25, -0.2) is 4.98 Å². The average Bonchev–Trinajstić information content (AvgIpc) is 3.11. The number of hydrogen-bond donors (Lipinski definition) is 1. The normalized spacial score (nSPS) is 15.2. The lowest BCUT2D eigenvalue weighted by Gasteiger charge is -2.26. The predicted molar refractivity (Wildman–Crippen MR) is 106 cm³/mol. The monoisotopic (exact) mass is 369 g/mol. The Bertz CT molecular complexity index is 813. The molecule has 5 nitrogen and oxygen atoms in total. The van der Waals surface area contributed by atoms with Gasteiger partial charge in [0.2, 0.25) is 0 Å². The number of nitrogens with zero attached hydrogens (tertiary/aromatic N) is 2. The largest absolute Gasteiger partial charge is 0.492 e. The Hall–Kier alpha value is -2.15. The van der Waals surface area contributed by atoms with Gasteiger partial charge in [-0.2, -0.15) is 0 Å². The fourth-order valence-electron chi connectivity index (χ4n) is 3.02. The van der Waals surface area contributed by atoms with Gasteiger partial charge in [0.1, 0.15) is 12.4 Å². The van der Waals surface area contributed by atoms with Gasteiger partial charge >= 0.3 is 0 Å². The smallest absolute Gasteiger partial charge is 0.184 e. The van der Waals surface area contributed by atoms with Gasteiger partial charge < -0.3 is 14.8 Å². The fraction of sp³-hybridized carbons (Fsp3) is 0.350. The number of ether oxygens (including phenoxy) is 2. The van der Waals surface area contributed by atoms with Gasteiger partial charge in [0.15, 0.2) is 5.13 Å². The summed E-state index contributed by atoms with van der Waals surface area (Å²) in [4.78, 5) is 7.01. The highest BCUT2D eigenvalue weighted by atomic mass is 32.1. The molecule has 26 heavy (non-hydrogen) atoms. The van der Waals surface area contributed by atoms with E-state index in [1.807, 2.05) is 36.4 Å². The van der Waals surface area contributed by atoms with Gasteiger partial charge in [-0.05, 0) is 18.2 Å². The molecule has 0 spiro atoms. The van der Waals surface area contributed by atoms with E-state index in [9.17, 15) is 0 Å². The molecule has 0 bridgehead atoms. The molecule has 2 heterocycles. The summed E-state index contributed by atoms with van der Waals surface area (Å²) in [7, 11) is 0. The van der Waals surface area contributed by atoms with Crippen molar-refractivity contribution in [2.45, 2.75) is 6.54 Å². The number of aromatic nitrogens is 1. The first-order valence-electron chi connectivity index (χ1n) is 8.99. The number of benzene rings is 2. The lowest BCUT2D eigenvalue weighted by molar-refractivity contribution is 0.0322. The van der Waals surface area contributed by atoms with Crippen LogP contribution in [0.2, 0.25) is 0 Å². The molecule has 6 heteroatoms. The van der Waals surface area contributed by atoms with Crippen LogP contribution < -0.4 is 10.1 Å². The summed E-state index contributed by atoms with van der Waals surface area (Å²) in [6.45, 7) is 5.95. The van der Waals surface area contributed by atoms with E-state index in [0.29, 0.717) is 13.2 Å². The number of hydrogen-bond acceptors (Lipinski definition) is 6. The van der Waals surface area contributed by atoms with Gasteiger partial charge in [0, 0.05) is 31.7 Å². The van der Waals surface area contributed by atoms with Gasteiger partial charge in [-0.15, -0.1) is 0 Å². The first-order chi connectivity index (χ1) is 12.9. The number of nitrogens with one attached hydrogen (secondary N) is 1. The third-order valence-electron chi connectivity index (χ3n) is 4.47. The number of anilines is 1. The van der Waals surface area contributed by atoms with E-state index in [1.165, 1.54) is 4.70 Å². The molecule has 0 unspecified atom stereocenters. The first kappa shape index (κ1) is 17.3. The number of morpholine rings is 1. The minimum absolute atomic E-state index is 0.693. The van der Waals surface area contributed by atoms with Gasteiger partial charge in [0.25, 0.3) is 0 Å². The molecule has 0 saturated carbocycles. The lowest BCUT2D eigenvalue weighted by Crippen LogP contribution is -2.38. The lowest BCUT2D eigenvalue weighted by atomic mass is 10.2. The second-order valence-electron chi connectivity index (χ2n) is 6.25. The Kier molecular flexibility index (Phi) is 5.64. The van der Waals surface area contributed by atoms with Crippen LogP contribution in [0.4, 0.5) is 5.13 Å². The maximum absolute atomic E-state index is 6.05. The Labute approximate surface area is 157 Å². The Balaban J connectivity index is 1.34. The maximum Gasteiger partial charge on any atom is 0.184 e. The van der Waals surface area contributed by atoms with E-state index in [-0.39, 0.29) is 0 Å². The zero-order valence-electron chi connectivity index (χ0n) is 14.7. The number of rotatable bonds is 7. The van der Waals surface area contributed by atoms with Crippen LogP contribution in [0.5, 0.6) is 5.75 Å². The Morgan fingerprint density at radius 3 is 2.77 bits per heavy atom. The van der Waals surface area contributed by atoms with E-state index in [2.05, 4.69) is 27.3 Å². The van der Waals surface area contributed by atoms with Crippen LogP contribution >= 0.6 is 11.3 Å². The van der Waals surface area contributed by atoms with Crippen molar-refractivity contribution >= 4 is 26.7 Å². The standard InChI is InChI=1S/C20H23N3O2S/c1-3-7-18(25-14-11-23-9-12-24-13-10-23)16(5-1)15-21-20-22-17-6-2-4-8-19(17)26-20/h1-8H,9-15H2,(H,21,22). The van der Waals surface area contributed by atoms with Crippen molar-refractivity contribution in [3.63, 3.8) is 0 Å². The minimum atomic E-state index is 0.693. The van der Waals surface area contributed by atoms with Crippen LogP contribution in [0.15, 0.2) is 48.5 Å². The third-order valence-corrected chi connectivity index (χ3v) is 5.46. The highest BCUT2D eigenvalue weighted by Crippen LogP contribution is 2.27. The van der Waals surface area contributed by atoms with Crippen LogP contribution in [0.25, 0.3) is 10.2 Å². The Morgan fingerprint density at radius 1 is 1.08 bits per heavy atom. The SMILES string of the molecule is c1ccc(OCCN2CCOCC2)c(CNc2nc3ccccc3s2)c1. The molecule has 1 aliphatic heterocycles. The van der Waals surface area contributed by atoms with Gasteiger partial charge in [0.05, 0.1) is 23.4 Å². The van der Waals surface area contributed by atoms with Crippen molar-refractivity contribution in [3.8, 4) is 5.75 Å². The molecule has 1 fully saturated rings. The molecular formula is C20H23N3O2S. The summed E-state index contributed by atoms with van der Waals surface area (Å²) >= 11 is 1.68. The summed E-state index contributed by atoms with van der Waals surface area (Å²) < 4.78 is 12.6. The van der Waals surface area contributed by atoms with Crippen molar-refractivity contribution in [1.82, 2.24) is 9.88 Å². The third kappa shape index (κ3) is 4.33. The molecular weight excluding hydrogens is 346 g/mol. The van der Waals surface area contributed by atoms with E-state index < -0.39 is 0 Å². The molecule has 1 aromatic heterocycles. The molecule has 2 aromatic carbocycles. The molecule has 0 amide bonds. The zero-order valence-corrected chi connectivity index (χ0v) is 15.5. The first-order valence-corrected chi connectivity index (χ1v) is 9.80. The fourth-order valence-corrected chi connectivity index (χ4v) is 3.88. The highest BCUT2D eigenvalue weighted by molar-refractivity contribution is 7.22. The summed E-state index contributed by atoms with van der Waals surface area (Å²) in [5.74, 6) is 0.939. The number of fused-ring (bicyclic) bond motifs is 1. The van der Waals surface area contributed by atoms with Crippen molar-refractivity contribution in [2.75, 3.05) is 44.8 Å². The van der Waals surface area contributed by atoms with E-state index >= 15 is 0 Å². The maximum atomic E-state index is 6.05. The summed E-state index contributed by atoms with van der Waals surface area (Å²) in [5.41, 5.74) is 2.18. The van der Waals surface area contributed by atoms with Crippen molar-refractivity contribution in [3.05, 3.63) is 54.1 Å². The second kappa shape index (κ2) is 8.49. The molecule has 0 radical (unpaired) electrons. The summed E-state index contributed by atoms with van der Waals surface area (Å²) in [6.07, 6.45) is 0. The summed E-state index contributed by atoms with van der Waals surface area (Å²) in [6, 6.07) is 16.4. The highest BCUT2D eigenvalue weighted by Gasteiger charge is 2.11. The van der Waals surface area contributed by atoms with E-state index in [4.69, 9.17) is 9.47 Å². The predicted octanol–water partition coefficient (Wildman–Crippen LogP) is 3.62. The van der Waals surface area contributed by atoms with E-state index in [0.717, 1.165) is 54.8 Å².